The molecule has 4 aromatic rings. The van der Waals surface area contributed by atoms with Gasteiger partial charge in [-0.3, -0.25) is 0 Å². The number of terminal acetylenes is 2. The molecule has 0 saturated heterocycles. The molecule has 14 nitrogen and oxygen atoms in total. The number of methoxy groups -OCH3 is 2. The van der Waals surface area contributed by atoms with E-state index in [0.717, 1.165) is 33.4 Å². The molecule has 0 radical (unpaired) electrons. The van der Waals surface area contributed by atoms with Crippen LogP contribution in [0.2, 0.25) is 0 Å². The van der Waals surface area contributed by atoms with E-state index in [0.29, 0.717) is 166 Å². The van der Waals surface area contributed by atoms with Crippen molar-refractivity contribution >= 4 is 0 Å². The fraction of sp³-hybridized carbons (Fsp3) is 0.462. The summed E-state index contributed by atoms with van der Waals surface area (Å²) in [6.07, 6.45) is 12.4. The molecule has 0 amide bonds. The lowest BCUT2D eigenvalue weighted by atomic mass is 9.89. The lowest BCUT2D eigenvalue weighted by Crippen LogP contribution is -2.15. The Morgan fingerprint density at radius 2 is 0.712 bits per heavy atom. The molecule has 0 spiro atoms. The van der Waals surface area contributed by atoms with Crippen LogP contribution in [-0.2, 0) is 47.4 Å². The van der Waals surface area contributed by atoms with Crippen molar-refractivity contribution in [2.24, 2.45) is 0 Å². The quantitative estimate of drug-likeness (QED) is 0.0620. The maximum absolute atomic E-state index is 6.71. The van der Waals surface area contributed by atoms with Crippen LogP contribution in [0.1, 0.15) is 11.1 Å². The van der Waals surface area contributed by atoms with Crippen molar-refractivity contribution in [2.45, 2.75) is 0 Å². The predicted octanol–water partition coefficient (Wildman–Crippen LogP) is 6.60. The van der Waals surface area contributed by atoms with Crippen LogP contribution in [0.4, 0.5) is 0 Å². The van der Waals surface area contributed by atoms with Gasteiger partial charge in [0.1, 0.15) is 49.4 Å². The summed E-state index contributed by atoms with van der Waals surface area (Å²) in [5, 5.41) is 0. The summed E-state index contributed by atoms with van der Waals surface area (Å²) in [4.78, 5) is 0. The Balaban J connectivity index is 1.45. The highest BCUT2D eigenvalue weighted by atomic mass is 16.6. The third-order valence-corrected chi connectivity index (χ3v) is 9.87. The second-order valence-corrected chi connectivity index (χ2v) is 14.3. The van der Waals surface area contributed by atoms with Crippen LogP contribution < -0.4 is 18.9 Å². The minimum absolute atomic E-state index is 0.226. The molecule has 5 rings (SSSR count). The third kappa shape index (κ3) is 17.5. The normalized spacial score (nSPS) is 14.1. The van der Waals surface area contributed by atoms with E-state index in [4.69, 9.17) is 79.2 Å². The Morgan fingerprint density at radius 3 is 1.05 bits per heavy atom. The van der Waals surface area contributed by atoms with E-state index in [1.807, 2.05) is 72.8 Å². The Labute approximate surface area is 389 Å². The van der Waals surface area contributed by atoms with Gasteiger partial charge in [0.25, 0.3) is 0 Å². The van der Waals surface area contributed by atoms with E-state index in [2.05, 4.69) is 11.8 Å². The van der Waals surface area contributed by atoms with Gasteiger partial charge in [0, 0.05) is 47.6 Å². The highest BCUT2D eigenvalue weighted by Gasteiger charge is 2.24. The summed E-state index contributed by atoms with van der Waals surface area (Å²) in [7, 11) is 3.28. The van der Waals surface area contributed by atoms with E-state index in [-0.39, 0.29) is 13.2 Å². The van der Waals surface area contributed by atoms with Crippen LogP contribution in [0.25, 0.3) is 33.4 Å². The molecule has 1 heterocycles. The van der Waals surface area contributed by atoms with Crippen molar-refractivity contribution in [3.63, 3.8) is 0 Å². The van der Waals surface area contributed by atoms with Crippen LogP contribution in [0, 0.1) is 24.7 Å². The van der Waals surface area contributed by atoms with Crippen LogP contribution in [0.5, 0.6) is 23.0 Å². The first-order valence-corrected chi connectivity index (χ1v) is 22.3. The van der Waals surface area contributed by atoms with Crippen LogP contribution in [0.3, 0.4) is 0 Å². The van der Waals surface area contributed by atoms with Gasteiger partial charge in [0.2, 0.25) is 0 Å². The lowest BCUT2D eigenvalue weighted by molar-refractivity contribution is -0.00702. The number of benzene rings is 4. The first-order chi connectivity index (χ1) is 32.7. The summed E-state index contributed by atoms with van der Waals surface area (Å²) in [5.74, 6) is 8.24. The molecule has 66 heavy (non-hydrogen) atoms. The standard InChI is InChI=1S/C52H64O14/c1-5-41-11-17-47-48-18-12-42(6-2)50(44-9-15-46(16-10-44)64-38-34-60-30-24-56-22-20-54-4)52(48)66-40-36-62-32-28-58-26-25-57-27-31-61-35-39-65-51(47)49(41)43-7-13-45(14-8-43)63-37-33-59-29-23-55-21-19-53-3/h1-2,7-18H,19-40H2,3-4H3. The number of rotatable bonds is 22. The van der Waals surface area contributed by atoms with Gasteiger partial charge in [-0.15, -0.1) is 12.8 Å². The predicted molar refractivity (Wildman–Crippen MR) is 251 cm³/mol. The fourth-order valence-corrected chi connectivity index (χ4v) is 6.67. The zero-order valence-electron chi connectivity index (χ0n) is 38.4. The third-order valence-electron chi connectivity index (χ3n) is 9.87. The van der Waals surface area contributed by atoms with Crippen LogP contribution in [0.15, 0.2) is 72.8 Å². The number of hydrogen-bond acceptors (Lipinski definition) is 14. The molecule has 0 atom stereocenters. The first-order valence-electron chi connectivity index (χ1n) is 22.3. The summed E-state index contributed by atoms with van der Waals surface area (Å²) in [5.41, 5.74) is 5.87. The second kappa shape index (κ2) is 31.7. The summed E-state index contributed by atoms with van der Waals surface area (Å²) < 4.78 is 80.8. The maximum atomic E-state index is 6.71. The largest absolute Gasteiger partial charge is 0.491 e. The van der Waals surface area contributed by atoms with Crippen molar-refractivity contribution in [2.75, 3.05) is 160 Å². The van der Waals surface area contributed by atoms with Crippen molar-refractivity contribution in [1.82, 2.24) is 0 Å². The molecule has 4 aromatic carbocycles. The maximum Gasteiger partial charge on any atom is 0.136 e. The van der Waals surface area contributed by atoms with E-state index < -0.39 is 0 Å². The molecular formula is C52H64O14. The Bertz CT molecular complexity index is 1890. The molecule has 0 aromatic heterocycles. The Hall–Kier alpha value is -5.20. The number of hydrogen-bond donors (Lipinski definition) is 0. The molecule has 0 bridgehead atoms. The monoisotopic (exact) mass is 912 g/mol. The molecule has 0 fully saturated rings. The highest BCUT2D eigenvalue weighted by molar-refractivity contribution is 5.92. The average molecular weight is 913 g/mol. The van der Waals surface area contributed by atoms with Crippen molar-refractivity contribution in [1.29, 1.82) is 0 Å². The fourth-order valence-electron chi connectivity index (χ4n) is 6.67. The molecule has 1 aliphatic heterocycles. The zero-order valence-corrected chi connectivity index (χ0v) is 38.4. The minimum Gasteiger partial charge on any atom is -0.491 e. The molecule has 0 saturated carbocycles. The molecule has 14 heteroatoms. The van der Waals surface area contributed by atoms with Gasteiger partial charge < -0.3 is 66.3 Å². The lowest BCUT2D eigenvalue weighted by Gasteiger charge is -2.23. The van der Waals surface area contributed by atoms with Gasteiger partial charge in [0.05, 0.1) is 119 Å². The minimum atomic E-state index is 0.226. The second-order valence-electron chi connectivity index (χ2n) is 14.3. The Morgan fingerprint density at radius 1 is 0.394 bits per heavy atom. The van der Waals surface area contributed by atoms with Crippen molar-refractivity contribution < 1.29 is 66.3 Å². The summed E-state index contributed by atoms with van der Waals surface area (Å²) in [6.45, 7) is 9.20. The van der Waals surface area contributed by atoms with Crippen molar-refractivity contribution in [3.8, 4) is 81.1 Å². The van der Waals surface area contributed by atoms with Gasteiger partial charge >= 0.3 is 0 Å². The molecule has 0 N–H and O–H groups in total. The van der Waals surface area contributed by atoms with Crippen molar-refractivity contribution in [3.05, 3.63) is 83.9 Å². The number of ether oxygens (including phenoxy) is 14. The van der Waals surface area contributed by atoms with E-state index in [1.165, 1.54) is 0 Å². The smallest absolute Gasteiger partial charge is 0.136 e. The topological polar surface area (TPSA) is 129 Å². The average Bonchev–Trinajstić information content (AvgIpc) is 3.35. The van der Waals surface area contributed by atoms with Gasteiger partial charge in [-0.2, -0.15) is 0 Å². The van der Waals surface area contributed by atoms with Crippen LogP contribution >= 0.6 is 0 Å². The van der Waals surface area contributed by atoms with Gasteiger partial charge in [0.15, 0.2) is 0 Å². The molecular weight excluding hydrogens is 849 g/mol. The summed E-state index contributed by atoms with van der Waals surface area (Å²) >= 11 is 0. The molecule has 0 unspecified atom stereocenters. The van der Waals surface area contributed by atoms with E-state index in [9.17, 15) is 0 Å². The first kappa shape index (κ1) is 51.8. The van der Waals surface area contributed by atoms with Gasteiger partial charge in [-0.05, 0) is 59.7 Å². The Kier molecular flexibility index (Phi) is 24.8. The number of fused-ring (bicyclic) bond motifs is 3. The highest BCUT2D eigenvalue weighted by Crippen LogP contribution is 2.48. The molecule has 0 aliphatic carbocycles. The molecule has 356 valence electrons. The van der Waals surface area contributed by atoms with Gasteiger partial charge in [-0.1, -0.05) is 36.1 Å². The van der Waals surface area contributed by atoms with E-state index in [1.54, 1.807) is 14.2 Å². The van der Waals surface area contributed by atoms with Gasteiger partial charge in [-0.25, -0.2) is 0 Å². The van der Waals surface area contributed by atoms with E-state index >= 15 is 0 Å². The zero-order chi connectivity index (χ0) is 46.3. The summed E-state index contributed by atoms with van der Waals surface area (Å²) in [6, 6.07) is 23.2. The SMILES string of the molecule is C#Cc1ccc2c(c1-c1ccc(OCCOCCOCCOC)cc1)OCCOCCOCCOCCOCCOc1c-2ccc(C#C)c1-c1ccc(OCCOCCOCCOC)cc1. The van der Waals surface area contributed by atoms with Crippen LogP contribution in [-0.4, -0.2) is 160 Å². The molecule has 1 aliphatic rings.